The summed E-state index contributed by atoms with van der Waals surface area (Å²) in [5.74, 6) is 1.65. The molecule has 1 saturated heterocycles. The Balaban J connectivity index is 1.83. The number of hydrogen-bond acceptors (Lipinski definition) is 4. The SMILES string of the molecule is CCCOc1cc(CNC(C)CN2CCCCC2)ccc1OC. The molecule has 0 aliphatic carbocycles. The number of nitrogens with zero attached hydrogens (tertiary/aromatic N) is 1. The standard InChI is InChI=1S/C19H32N2O2/c1-4-12-23-19-13-17(8-9-18(19)22-3)14-20-16(2)15-21-10-6-5-7-11-21/h8-9,13,16,20H,4-7,10-12,14-15H2,1-3H3. The number of hydrogen-bond donors (Lipinski definition) is 1. The number of nitrogens with one attached hydrogen (secondary N) is 1. The molecule has 1 aromatic carbocycles. The van der Waals surface area contributed by atoms with Crippen LogP contribution in [0.3, 0.4) is 0 Å². The van der Waals surface area contributed by atoms with E-state index in [0.717, 1.165) is 37.6 Å². The van der Waals surface area contributed by atoms with Crippen molar-refractivity contribution in [1.82, 2.24) is 10.2 Å². The van der Waals surface area contributed by atoms with Crippen molar-refractivity contribution in [1.29, 1.82) is 0 Å². The summed E-state index contributed by atoms with van der Waals surface area (Å²) >= 11 is 0. The summed E-state index contributed by atoms with van der Waals surface area (Å²) in [5.41, 5.74) is 1.24. The number of likely N-dealkylation sites (tertiary alicyclic amines) is 1. The molecule has 0 bridgehead atoms. The zero-order chi connectivity index (χ0) is 16.5. The van der Waals surface area contributed by atoms with Gasteiger partial charge in [0.25, 0.3) is 0 Å². The molecule has 130 valence electrons. The maximum atomic E-state index is 5.79. The summed E-state index contributed by atoms with van der Waals surface area (Å²) in [7, 11) is 1.69. The highest BCUT2D eigenvalue weighted by Crippen LogP contribution is 2.28. The average Bonchev–Trinajstić information content (AvgIpc) is 2.59. The van der Waals surface area contributed by atoms with Gasteiger partial charge in [0, 0.05) is 19.1 Å². The lowest BCUT2D eigenvalue weighted by molar-refractivity contribution is 0.209. The van der Waals surface area contributed by atoms with Crippen LogP contribution in [0.5, 0.6) is 11.5 Å². The normalized spacial score (nSPS) is 17.0. The first-order valence-corrected chi connectivity index (χ1v) is 8.98. The highest BCUT2D eigenvalue weighted by atomic mass is 16.5. The molecule has 1 aromatic rings. The van der Waals surface area contributed by atoms with Crippen molar-refractivity contribution in [2.75, 3.05) is 33.4 Å². The summed E-state index contributed by atoms with van der Waals surface area (Å²) < 4.78 is 11.2. The summed E-state index contributed by atoms with van der Waals surface area (Å²) in [4.78, 5) is 2.57. The summed E-state index contributed by atoms with van der Waals surface area (Å²) in [6.07, 6.45) is 5.09. The fraction of sp³-hybridized carbons (Fsp3) is 0.684. The average molecular weight is 320 g/mol. The van der Waals surface area contributed by atoms with Gasteiger partial charge in [-0.1, -0.05) is 19.4 Å². The van der Waals surface area contributed by atoms with E-state index in [2.05, 4.69) is 36.2 Å². The fourth-order valence-electron chi connectivity index (χ4n) is 3.04. The van der Waals surface area contributed by atoms with Gasteiger partial charge in [-0.2, -0.15) is 0 Å². The predicted octanol–water partition coefficient (Wildman–Crippen LogP) is 3.45. The lowest BCUT2D eigenvalue weighted by Gasteiger charge is -2.29. The second kappa shape index (κ2) is 9.78. The molecule has 0 spiro atoms. The van der Waals surface area contributed by atoms with Gasteiger partial charge in [0.1, 0.15) is 0 Å². The molecule has 1 aliphatic heterocycles. The monoisotopic (exact) mass is 320 g/mol. The number of benzene rings is 1. The van der Waals surface area contributed by atoms with Crippen molar-refractivity contribution < 1.29 is 9.47 Å². The number of rotatable bonds is 9. The van der Waals surface area contributed by atoms with Crippen molar-refractivity contribution in [3.05, 3.63) is 23.8 Å². The second-order valence-corrected chi connectivity index (χ2v) is 6.48. The first-order valence-electron chi connectivity index (χ1n) is 8.98. The maximum Gasteiger partial charge on any atom is 0.161 e. The zero-order valence-electron chi connectivity index (χ0n) is 14.9. The molecule has 2 rings (SSSR count). The smallest absolute Gasteiger partial charge is 0.161 e. The minimum atomic E-state index is 0.496. The Kier molecular flexibility index (Phi) is 7.69. The van der Waals surface area contributed by atoms with Crippen LogP contribution in [0.4, 0.5) is 0 Å². The molecule has 0 aromatic heterocycles. The Labute approximate surface area is 141 Å². The van der Waals surface area contributed by atoms with Crippen molar-refractivity contribution in [3.63, 3.8) is 0 Å². The third kappa shape index (κ3) is 6.04. The van der Waals surface area contributed by atoms with Gasteiger partial charge >= 0.3 is 0 Å². The molecule has 0 radical (unpaired) electrons. The van der Waals surface area contributed by atoms with Crippen LogP contribution in [0.2, 0.25) is 0 Å². The fourth-order valence-corrected chi connectivity index (χ4v) is 3.04. The first-order chi connectivity index (χ1) is 11.2. The van der Waals surface area contributed by atoms with E-state index in [-0.39, 0.29) is 0 Å². The van der Waals surface area contributed by atoms with Crippen LogP contribution in [0.15, 0.2) is 18.2 Å². The molecule has 0 saturated carbocycles. The highest BCUT2D eigenvalue weighted by molar-refractivity contribution is 5.42. The summed E-state index contributed by atoms with van der Waals surface area (Å²) in [6.45, 7) is 9.61. The van der Waals surface area contributed by atoms with Gasteiger partial charge in [0.05, 0.1) is 13.7 Å². The van der Waals surface area contributed by atoms with Gasteiger partial charge < -0.3 is 19.7 Å². The van der Waals surface area contributed by atoms with Crippen LogP contribution in [-0.4, -0.2) is 44.3 Å². The van der Waals surface area contributed by atoms with E-state index in [1.165, 1.54) is 37.9 Å². The Hall–Kier alpha value is -1.26. The van der Waals surface area contributed by atoms with Gasteiger partial charge in [-0.3, -0.25) is 0 Å². The van der Waals surface area contributed by atoms with Gasteiger partial charge in [0.2, 0.25) is 0 Å². The van der Waals surface area contributed by atoms with Crippen molar-refractivity contribution in [3.8, 4) is 11.5 Å². The van der Waals surface area contributed by atoms with Gasteiger partial charge in [0.15, 0.2) is 11.5 Å². The molecule has 1 aliphatic rings. The third-order valence-electron chi connectivity index (χ3n) is 4.33. The maximum absolute atomic E-state index is 5.79. The molecular formula is C19H32N2O2. The summed E-state index contributed by atoms with van der Waals surface area (Å²) in [5, 5.41) is 3.63. The molecule has 1 fully saturated rings. The Morgan fingerprint density at radius 3 is 2.65 bits per heavy atom. The van der Waals surface area contributed by atoms with E-state index in [1.807, 2.05) is 6.07 Å². The van der Waals surface area contributed by atoms with Crippen LogP contribution in [0.25, 0.3) is 0 Å². The van der Waals surface area contributed by atoms with Crippen LogP contribution in [0.1, 0.15) is 45.1 Å². The second-order valence-electron chi connectivity index (χ2n) is 6.48. The van der Waals surface area contributed by atoms with Crippen molar-refractivity contribution in [2.45, 2.75) is 52.1 Å². The predicted molar refractivity (Wildman–Crippen MR) is 95.4 cm³/mol. The third-order valence-corrected chi connectivity index (χ3v) is 4.33. The summed E-state index contributed by atoms with van der Waals surface area (Å²) in [6, 6.07) is 6.69. The van der Waals surface area contributed by atoms with E-state index in [0.29, 0.717) is 6.04 Å². The molecule has 23 heavy (non-hydrogen) atoms. The minimum Gasteiger partial charge on any atom is -0.493 e. The molecule has 0 amide bonds. The van der Waals surface area contributed by atoms with Crippen LogP contribution < -0.4 is 14.8 Å². The number of piperidine rings is 1. The quantitative estimate of drug-likeness (QED) is 0.755. The van der Waals surface area contributed by atoms with Crippen LogP contribution >= 0.6 is 0 Å². The number of ether oxygens (including phenoxy) is 2. The van der Waals surface area contributed by atoms with Gasteiger partial charge in [-0.25, -0.2) is 0 Å². The van der Waals surface area contributed by atoms with E-state index in [4.69, 9.17) is 9.47 Å². The van der Waals surface area contributed by atoms with Crippen molar-refractivity contribution in [2.24, 2.45) is 0 Å². The Morgan fingerprint density at radius 2 is 1.96 bits per heavy atom. The highest BCUT2D eigenvalue weighted by Gasteiger charge is 2.13. The van der Waals surface area contributed by atoms with Gasteiger partial charge in [-0.15, -0.1) is 0 Å². The van der Waals surface area contributed by atoms with Crippen LogP contribution in [-0.2, 0) is 6.54 Å². The molecule has 1 heterocycles. The molecule has 4 heteroatoms. The molecule has 1 N–H and O–H groups in total. The molecule has 1 atom stereocenters. The lowest BCUT2D eigenvalue weighted by Crippen LogP contribution is -2.41. The number of methoxy groups -OCH3 is 1. The van der Waals surface area contributed by atoms with Crippen LogP contribution in [0, 0.1) is 0 Å². The zero-order valence-corrected chi connectivity index (χ0v) is 14.9. The Morgan fingerprint density at radius 1 is 1.17 bits per heavy atom. The Bertz CT molecular complexity index is 459. The molecule has 1 unspecified atom stereocenters. The van der Waals surface area contributed by atoms with E-state index < -0.39 is 0 Å². The van der Waals surface area contributed by atoms with E-state index >= 15 is 0 Å². The van der Waals surface area contributed by atoms with Crippen molar-refractivity contribution >= 4 is 0 Å². The minimum absolute atomic E-state index is 0.496. The topological polar surface area (TPSA) is 33.7 Å². The lowest BCUT2D eigenvalue weighted by atomic mass is 10.1. The van der Waals surface area contributed by atoms with E-state index in [9.17, 15) is 0 Å². The molecule has 4 nitrogen and oxygen atoms in total. The van der Waals surface area contributed by atoms with Gasteiger partial charge in [-0.05, 0) is 57.0 Å². The largest absolute Gasteiger partial charge is 0.493 e. The van der Waals surface area contributed by atoms with E-state index in [1.54, 1.807) is 7.11 Å². The molecular weight excluding hydrogens is 288 g/mol. The first kappa shape index (κ1) is 18.1.